The average Bonchev–Trinajstić information content (AvgIpc) is 4.05. The van der Waals surface area contributed by atoms with E-state index in [-0.39, 0.29) is 111 Å². The topological polar surface area (TPSA) is 114 Å². The van der Waals surface area contributed by atoms with Gasteiger partial charge in [0.1, 0.15) is 26.4 Å². The van der Waals surface area contributed by atoms with Crippen molar-refractivity contribution in [1.29, 1.82) is 0 Å². The molecule has 8 bridgehead atoms. The highest BCUT2D eigenvalue weighted by Crippen LogP contribution is 2.47. The molecule has 4 fully saturated rings. The van der Waals surface area contributed by atoms with Gasteiger partial charge in [-0.1, -0.05) is 62.5 Å². The first-order valence-corrected chi connectivity index (χ1v) is 20.6. The van der Waals surface area contributed by atoms with E-state index >= 15 is 0 Å². The Morgan fingerprint density at radius 1 is 0.415 bits per heavy atom. The summed E-state index contributed by atoms with van der Waals surface area (Å²) < 4.78 is 30.8. The van der Waals surface area contributed by atoms with Crippen molar-refractivity contribution in [2.24, 2.45) is 81.8 Å². The summed E-state index contributed by atoms with van der Waals surface area (Å²) in [6.45, 7) is 4.63. The third-order valence-electron chi connectivity index (χ3n) is 14.7. The Labute approximate surface area is 314 Å². The summed E-state index contributed by atoms with van der Waals surface area (Å²) in [5, 5.41) is 0. The molecule has 0 N–H and O–H groups in total. The standard InChI is InChI=1S/C44H58O9/c1-3-43(23-50-39(45)35-17-27-5-9-31(35)13-27,24-51-40(46)36-18-28-6-10-32(36)14-28)21-49-22-44(4-2,25-52-41(47)37-19-29-7-11-33(37)15-29)26-53-42(48)38-20-30-8-12-34(38)16-30/h5-12,27-38H,3-4,13-26H2,1-2H3. The number of hydrogen-bond acceptors (Lipinski definition) is 9. The predicted molar refractivity (Wildman–Crippen MR) is 195 cm³/mol. The first kappa shape index (κ1) is 36.8. The van der Waals surface area contributed by atoms with E-state index in [1.165, 1.54) is 0 Å². The van der Waals surface area contributed by atoms with Gasteiger partial charge in [-0.25, -0.2) is 0 Å². The first-order valence-electron chi connectivity index (χ1n) is 20.6. The third kappa shape index (κ3) is 7.57. The number of hydrogen-bond donors (Lipinski definition) is 0. The fraction of sp³-hybridized carbons (Fsp3) is 0.727. The van der Waals surface area contributed by atoms with Crippen molar-refractivity contribution in [3.8, 4) is 0 Å². The number of carbonyl (C=O) groups excluding carboxylic acids is 4. The maximum Gasteiger partial charge on any atom is 0.309 e. The zero-order valence-electron chi connectivity index (χ0n) is 31.5. The van der Waals surface area contributed by atoms with Gasteiger partial charge in [0.25, 0.3) is 0 Å². The monoisotopic (exact) mass is 730 g/mol. The molecule has 8 aliphatic carbocycles. The Morgan fingerprint density at radius 2 is 0.679 bits per heavy atom. The lowest BCUT2D eigenvalue weighted by Crippen LogP contribution is -2.43. The minimum atomic E-state index is -0.774. The van der Waals surface area contributed by atoms with E-state index < -0.39 is 10.8 Å². The molecular formula is C44H58O9. The molecule has 9 heteroatoms. The SMILES string of the molecule is CCC(COCC(CC)(COC(=O)C1CC2C=CC1C2)COC(=O)C1CC2C=CC1C2)(COC(=O)C1CC2C=CC1C2)COC(=O)C1CC2C=CC1C2. The Bertz CT molecular complexity index is 1330. The van der Waals surface area contributed by atoms with Gasteiger partial charge in [-0.05, 0) is 112 Å². The number of carbonyl (C=O) groups is 4. The second-order valence-electron chi connectivity index (χ2n) is 18.2. The average molecular weight is 731 g/mol. The van der Waals surface area contributed by atoms with Crippen LogP contribution in [-0.4, -0.2) is 63.5 Å². The van der Waals surface area contributed by atoms with E-state index in [0.29, 0.717) is 36.5 Å². The normalized spacial score (nSPS) is 38.4. The summed E-state index contributed by atoms with van der Waals surface area (Å²) in [5.74, 6) is 1.33. The maximum absolute atomic E-state index is 13.4. The van der Waals surface area contributed by atoms with Crippen molar-refractivity contribution in [2.75, 3.05) is 39.6 Å². The fourth-order valence-corrected chi connectivity index (χ4v) is 10.9. The van der Waals surface area contributed by atoms with Crippen LogP contribution < -0.4 is 0 Å². The van der Waals surface area contributed by atoms with Crippen LogP contribution in [0.4, 0.5) is 0 Å². The highest BCUT2D eigenvalue weighted by Gasteiger charge is 2.46. The lowest BCUT2D eigenvalue weighted by atomic mass is 9.85. The molecule has 0 aromatic rings. The van der Waals surface area contributed by atoms with Crippen LogP contribution in [0.2, 0.25) is 0 Å². The molecule has 53 heavy (non-hydrogen) atoms. The predicted octanol–water partition coefficient (Wildman–Crippen LogP) is 6.82. The van der Waals surface area contributed by atoms with E-state index in [0.717, 1.165) is 51.4 Å². The summed E-state index contributed by atoms with van der Waals surface area (Å²) in [4.78, 5) is 53.6. The van der Waals surface area contributed by atoms with Gasteiger partial charge in [-0.3, -0.25) is 19.2 Å². The quantitative estimate of drug-likeness (QED) is 0.0852. The fourth-order valence-electron chi connectivity index (χ4n) is 10.9. The molecule has 12 atom stereocenters. The Balaban J connectivity index is 0.941. The van der Waals surface area contributed by atoms with Crippen LogP contribution in [0, 0.1) is 81.8 Å². The lowest BCUT2D eigenvalue weighted by Gasteiger charge is -2.36. The lowest BCUT2D eigenvalue weighted by molar-refractivity contribution is -0.169. The molecule has 8 rings (SSSR count). The number of rotatable bonds is 18. The maximum atomic E-state index is 13.4. The van der Waals surface area contributed by atoms with Crippen molar-refractivity contribution >= 4 is 23.9 Å². The van der Waals surface area contributed by atoms with Crippen molar-refractivity contribution in [2.45, 2.75) is 78.1 Å². The Kier molecular flexibility index (Phi) is 10.5. The molecule has 8 aliphatic rings. The Hall–Kier alpha value is -3.20. The van der Waals surface area contributed by atoms with E-state index in [1.54, 1.807) is 0 Å². The van der Waals surface area contributed by atoms with Gasteiger partial charge in [-0.2, -0.15) is 0 Å². The minimum Gasteiger partial charge on any atom is -0.465 e. The van der Waals surface area contributed by atoms with E-state index in [1.807, 2.05) is 13.8 Å². The number of ether oxygens (including phenoxy) is 5. The van der Waals surface area contributed by atoms with Crippen LogP contribution in [-0.2, 0) is 42.9 Å². The third-order valence-corrected chi connectivity index (χ3v) is 14.7. The first-order chi connectivity index (χ1) is 25.6. The smallest absolute Gasteiger partial charge is 0.309 e. The molecule has 4 saturated carbocycles. The van der Waals surface area contributed by atoms with Gasteiger partial charge >= 0.3 is 23.9 Å². The summed E-state index contributed by atoms with van der Waals surface area (Å²) in [6, 6.07) is 0. The van der Waals surface area contributed by atoms with E-state index in [4.69, 9.17) is 23.7 Å². The molecule has 0 radical (unpaired) electrons. The van der Waals surface area contributed by atoms with Crippen LogP contribution in [0.5, 0.6) is 0 Å². The molecule has 288 valence electrons. The molecule has 9 nitrogen and oxygen atoms in total. The summed E-state index contributed by atoms with van der Waals surface area (Å²) in [5.41, 5.74) is -1.55. The number of esters is 4. The molecule has 0 saturated heterocycles. The largest absolute Gasteiger partial charge is 0.465 e. The number of fused-ring (bicyclic) bond motifs is 8. The van der Waals surface area contributed by atoms with Crippen LogP contribution in [0.1, 0.15) is 78.1 Å². The van der Waals surface area contributed by atoms with Crippen LogP contribution in [0.3, 0.4) is 0 Å². The molecular weight excluding hydrogens is 672 g/mol. The van der Waals surface area contributed by atoms with Gasteiger partial charge in [0, 0.05) is 0 Å². The van der Waals surface area contributed by atoms with Gasteiger partial charge < -0.3 is 23.7 Å². The summed E-state index contributed by atoms with van der Waals surface area (Å²) >= 11 is 0. The molecule has 0 aromatic heterocycles. The Morgan fingerprint density at radius 3 is 0.868 bits per heavy atom. The van der Waals surface area contributed by atoms with Crippen molar-refractivity contribution in [3.05, 3.63) is 48.6 Å². The van der Waals surface area contributed by atoms with Gasteiger partial charge in [-0.15, -0.1) is 0 Å². The molecule has 0 amide bonds. The van der Waals surface area contributed by atoms with E-state index in [9.17, 15) is 19.2 Å². The molecule has 0 spiro atoms. The second-order valence-corrected chi connectivity index (χ2v) is 18.2. The van der Waals surface area contributed by atoms with Crippen LogP contribution in [0.15, 0.2) is 48.6 Å². The summed E-state index contributed by atoms with van der Waals surface area (Å²) in [7, 11) is 0. The highest BCUT2D eigenvalue weighted by molar-refractivity contribution is 5.76. The number of allylic oxidation sites excluding steroid dienone is 8. The molecule has 0 heterocycles. The minimum absolute atomic E-state index is 0.0719. The molecule has 0 aliphatic heterocycles. The van der Waals surface area contributed by atoms with E-state index in [2.05, 4.69) is 48.6 Å². The van der Waals surface area contributed by atoms with Gasteiger partial charge in [0.05, 0.1) is 47.7 Å². The van der Waals surface area contributed by atoms with Crippen molar-refractivity contribution < 1.29 is 42.9 Å². The van der Waals surface area contributed by atoms with Gasteiger partial charge in [0.2, 0.25) is 0 Å². The second kappa shape index (κ2) is 15.1. The van der Waals surface area contributed by atoms with Crippen LogP contribution >= 0.6 is 0 Å². The van der Waals surface area contributed by atoms with Crippen molar-refractivity contribution in [1.82, 2.24) is 0 Å². The van der Waals surface area contributed by atoms with Gasteiger partial charge in [0.15, 0.2) is 0 Å². The molecule has 12 unspecified atom stereocenters. The zero-order chi connectivity index (χ0) is 36.7. The van der Waals surface area contributed by atoms with Crippen molar-refractivity contribution in [3.63, 3.8) is 0 Å². The molecule has 0 aromatic carbocycles. The van der Waals surface area contributed by atoms with Crippen LogP contribution in [0.25, 0.3) is 0 Å². The summed E-state index contributed by atoms with van der Waals surface area (Å²) in [6.07, 6.45) is 25.8. The zero-order valence-corrected chi connectivity index (χ0v) is 31.5. The highest BCUT2D eigenvalue weighted by atomic mass is 16.6.